The number of carbonyl (C=O) groups is 1. The number of nitrogens with zero attached hydrogens (tertiary/aromatic N) is 1. The Morgan fingerprint density at radius 3 is 2.48 bits per heavy atom. The Morgan fingerprint density at radius 2 is 1.86 bits per heavy atom. The summed E-state index contributed by atoms with van der Waals surface area (Å²) in [6.45, 7) is 11.1. The molecule has 116 valence electrons. The molecule has 0 spiro atoms. The van der Waals surface area contributed by atoms with Crippen molar-refractivity contribution in [1.29, 1.82) is 0 Å². The average Bonchev–Trinajstić information content (AvgIpc) is 2.47. The molecule has 4 heteroatoms. The van der Waals surface area contributed by atoms with Crippen molar-refractivity contribution in [3.63, 3.8) is 0 Å². The van der Waals surface area contributed by atoms with Gasteiger partial charge in [-0.15, -0.1) is 0 Å². The maximum absolute atomic E-state index is 12.5. The molecule has 0 aromatic heterocycles. The van der Waals surface area contributed by atoms with E-state index in [4.69, 9.17) is 4.74 Å². The maximum atomic E-state index is 12.5. The van der Waals surface area contributed by atoms with Crippen LogP contribution in [0, 0.1) is 0 Å². The normalized spacial score (nSPS) is 17.4. The molecule has 4 nitrogen and oxygen atoms in total. The van der Waals surface area contributed by atoms with E-state index in [0.717, 1.165) is 5.69 Å². The van der Waals surface area contributed by atoms with E-state index in [-0.39, 0.29) is 17.4 Å². The third-order valence-corrected chi connectivity index (χ3v) is 3.80. The molecule has 1 saturated heterocycles. The number of hydrogen-bond donors (Lipinski definition) is 1. The zero-order valence-corrected chi connectivity index (χ0v) is 13.5. The van der Waals surface area contributed by atoms with Crippen LogP contribution in [0.5, 0.6) is 0 Å². The molecule has 0 bridgehead atoms. The minimum absolute atomic E-state index is 0.0469. The van der Waals surface area contributed by atoms with Gasteiger partial charge in [-0.05, 0) is 24.0 Å². The Kier molecular flexibility index (Phi) is 4.88. The Bertz CT molecular complexity index is 488. The highest BCUT2D eigenvalue weighted by Crippen LogP contribution is 2.29. The van der Waals surface area contributed by atoms with Crippen LogP contribution in [-0.4, -0.2) is 43.2 Å². The molecule has 1 atom stereocenters. The third kappa shape index (κ3) is 3.97. The second kappa shape index (κ2) is 6.48. The van der Waals surface area contributed by atoms with Crippen molar-refractivity contribution < 1.29 is 9.53 Å². The number of hydrogen-bond acceptors (Lipinski definition) is 3. The minimum Gasteiger partial charge on any atom is -0.378 e. The molecule has 1 aliphatic heterocycles. The molecule has 1 heterocycles. The van der Waals surface area contributed by atoms with Crippen LogP contribution in [0.15, 0.2) is 24.3 Å². The van der Waals surface area contributed by atoms with Crippen LogP contribution in [0.4, 0.5) is 5.69 Å². The van der Waals surface area contributed by atoms with Gasteiger partial charge in [0.15, 0.2) is 0 Å². The Hall–Kier alpha value is -1.55. The topological polar surface area (TPSA) is 41.6 Å². The van der Waals surface area contributed by atoms with Crippen LogP contribution in [-0.2, 0) is 14.9 Å². The van der Waals surface area contributed by atoms with Gasteiger partial charge >= 0.3 is 0 Å². The van der Waals surface area contributed by atoms with Gasteiger partial charge in [0.2, 0.25) is 5.91 Å². The lowest BCUT2D eigenvalue weighted by molar-refractivity contribution is -0.135. The molecule has 0 saturated carbocycles. The van der Waals surface area contributed by atoms with Crippen LogP contribution < -0.4 is 5.32 Å². The number of benzene rings is 1. The second-order valence-corrected chi connectivity index (χ2v) is 6.60. The van der Waals surface area contributed by atoms with Crippen molar-refractivity contribution in [2.75, 3.05) is 31.6 Å². The standard InChI is InChI=1S/C17H26N2O2/c1-13(16(20)19-9-11-21-12-10-19)18-15-8-6-5-7-14(15)17(2,3)4/h5-8,13,18H,9-12H2,1-4H3. The minimum atomic E-state index is -0.230. The summed E-state index contributed by atoms with van der Waals surface area (Å²) in [7, 11) is 0. The number of anilines is 1. The van der Waals surface area contributed by atoms with Gasteiger partial charge in [0.25, 0.3) is 0 Å². The van der Waals surface area contributed by atoms with Gasteiger partial charge in [-0.2, -0.15) is 0 Å². The molecular formula is C17H26N2O2. The van der Waals surface area contributed by atoms with Crippen LogP contribution >= 0.6 is 0 Å². The van der Waals surface area contributed by atoms with Crippen molar-refractivity contribution in [2.45, 2.75) is 39.2 Å². The molecule has 21 heavy (non-hydrogen) atoms. The third-order valence-electron chi connectivity index (χ3n) is 3.80. The first-order valence-electron chi connectivity index (χ1n) is 7.62. The van der Waals surface area contributed by atoms with Crippen LogP contribution in [0.1, 0.15) is 33.3 Å². The Morgan fingerprint density at radius 1 is 1.24 bits per heavy atom. The summed E-state index contributed by atoms with van der Waals surface area (Å²) in [4.78, 5) is 14.3. The molecule has 2 rings (SSSR count). The molecule has 1 aromatic rings. The van der Waals surface area contributed by atoms with Crippen molar-refractivity contribution >= 4 is 11.6 Å². The summed E-state index contributed by atoms with van der Waals surface area (Å²) in [5, 5.41) is 3.38. The van der Waals surface area contributed by atoms with Gasteiger partial charge < -0.3 is 15.0 Å². The summed E-state index contributed by atoms with van der Waals surface area (Å²) in [6.07, 6.45) is 0. The van der Waals surface area contributed by atoms with E-state index < -0.39 is 0 Å². The van der Waals surface area contributed by atoms with Gasteiger partial charge in [0, 0.05) is 18.8 Å². The van der Waals surface area contributed by atoms with Crippen molar-refractivity contribution in [3.8, 4) is 0 Å². The van der Waals surface area contributed by atoms with Crippen molar-refractivity contribution in [2.24, 2.45) is 0 Å². The Balaban J connectivity index is 2.09. The quantitative estimate of drug-likeness (QED) is 0.930. The lowest BCUT2D eigenvalue weighted by Gasteiger charge is -2.31. The summed E-state index contributed by atoms with van der Waals surface area (Å²) < 4.78 is 5.30. The van der Waals surface area contributed by atoms with E-state index in [0.29, 0.717) is 26.3 Å². The highest BCUT2D eigenvalue weighted by atomic mass is 16.5. The maximum Gasteiger partial charge on any atom is 0.244 e. The van der Waals surface area contributed by atoms with E-state index >= 15 is 0 Å². The molecule has 0 radical (unpaired) electrons. The molecule has 0 aliphatic carbocycles. The smallest absolute Gasteiger partial charge is 0.244 e. The number of amides is 1. The predicted molar refractivity (Wildman–Crippen MR) is 85.6 cm³/mol. The fraction of sp³-hybridized carbons (Fsp3) is 0.588. The molecule has 1 N–H and O–H groups in total. The van der Waals surface area contributed by atoms with Crippen LogP contribution in [0.2, 0.25) is 0 Å². The molecule has 1 fully saturated rings. The molecule has 1 amide bonds. The summed E-state index contributed by atoms with van der Waals surface area (Å²) >= 11 is 0. The highest BCUT2D eigenvalue weighted by Gasteiger charge is 2.24. The number of morpholine rings is 1. The van der Waals surface area contributed by atoms with E-state index in [1.165, 1.54) is 5.56 Å². The molecule has 1 aromatic carbocycles. The van der Waals surface area contributed by atoms with Gasteiger partial charge in [-0.1, -0.05) is 39.0 Å². The second-order valence-electron chi connectivity index (χ2n) is 6.60. The van der Waals surface area contributed by atoms with Crippen molar-refractivity contribution in [1.82, 2.24) is 4.90 Å². The molecular weight excluding hydrogens is 264 g/mol. The largest absolute Gasteiger partial charge is 0.378 e. The lowest BCUT2D eigenvalue weighted by Crippen LogP contribution is -2.47. The monoisotopic (exact) mass is 290 g/mol. The zero-order valence-electron chi connectivity index (χ0n) is 13.5. The number of rotatable bonds is 3. The van der Waals surface area contributed by atoms with Crippen molar-refractivity contribution in [3.05, 3.63) is 29.8 Å². The first kappa shape index (κ1) is 15.8. The van der Waals surface area contributed by atoms with E-state index in [9.17, 15) is 4.79 Å². The fourth-order valence-corrected chi connectivity index (χ4v) is 2.62. The summed E-state index contributed by atoms with van der Waals surface area (Å²) in [6, 6.07) is 7.98. The number of para-hydroxylation sites is 1. The summed E-state index contributed by atoms with van der Waals surface area (Å²) in [5.41, 5.74) is 2.32. The molecule has 1 aliphatic rings. The number of ether oxygens (including phenoxy) is 1. The fourth-order valence-electron chi connectivity index (χ4n) is 2.62. The highest BCUT2D eigenvalue weighted by molar-refractivity contribution is 5.84. The van der Waals surface area contributed by atoms with E-state index in [1.807, 2.05) is 30.0 Å². The first-order chi connectivity index (χ1) is 9.89. The SMILES string of the molecule is CC(Nc1ccccc1C(C)(C)C)C(=O)N1CCOCC1. The lowest BCUT2D eigenvalue weighted by atomic mass is 9.85. The Labute approximate surface area is 127 Å². The average molecular weight is 290 g/mol. The molecule has 1 unspecified atom stereocenters. The van der Waals surface area contributed by atoms with E-state index in [2.05, 4.69) is 32.2 Å². The zero-order chi connectivity index (χ0) is 15.5. The van der Waals surface area contributed by atoms with Crippen LogP contribution in [0.3, 0.4) is 0 Å². The van der Waals surface area contributed by atoms with Gasteiger partial charge in [0.05, 0.1) is 13.2 Å². The van der Waals surface area contributed by atoms with Gasteiger partial charge in [-0.25, -0.2) is 0 Å². The summed E-state index contributed by atoms with van der Waals surface area (Å²) in [5.74, 6) is 0.141. The predicted octanol–water partition coefficient (Wildman–Crippen LogP) is 2.64. The van der Waals surface area contributed by atoms with E-state index in [1.54, 1.807) is 0 Å². The van der Waals surface area contributed by atoms with Gasteiger partial charge in [-0.3, -0.25) is 4.79 Å². The van der Waals surface area contributed by atoms with Gasteiger partial charge in [0.1, 0.15) is 6.04 Å². The number of nitrogens with one attached hydrogen (secondary N) is 1. The first-order valence-corrected chi connectivity index (χ1v) is 7.62. The van der Waals surface area contributed by atoms with Crippen LogP contribution in [0.25, 0.3) is 0 Å². The number of carbonyl (C=O) groups excluding carboxylic acids is 1.